The van der Waals surface area contributed by atoms with E-state index in [1.165, 1.54) is 0 Å². The van der Waals surface area contributed by atoms with Gasteiger partial charge in [-0.15, -0.1) is 0 Å². The number of hydrogen-bond donors (Lipinski definition) is 0. The smallest absolute Gasteiger partial charge is 0.187 e. The van der Waals surface area contributed by atoms with Gasteiger partial charge in [0.2, 0.25) is 0 Å². The van der Waals surface area contributed by atoms with Gasteiger partial charge in [0.1, 0.15) is 0 Å². The highest BCUT2D eigenvalue weighted by Gasteiger charge is 2.03. The first-order valence-electron chi connectivity index (χ1n) is 4.59. The zero-order valence-electron chi connectivity index (χ0n) is 8.23. The molecule has 0 aliphatic carbocycles. The summed E-state index contributed by atoms with van der Waals surface area (Å²) in [5.41, 5.74) is 1.09. The molecule has 0 bridgehead atoms. The molecule has 1 aromatic heterocycles. The van der Waals surface area contributed by atoms with Crippen LogP contribution in [0.4, 0.5) is 0 Å². The lowest BCUT2D eigenvalue weighted by Crippen LogP contribution is -1.86. The van der Waals surface area contributed by atoms with Crippen LogP contribution in [0, 0.1) is 0 Å². The van der Waals surface area contributed by atoms with Gasteiger partial charge in [-0.2, -0.15) is 0 Å². The summed E-state index contributed by atoms with van der Waals surface area (Å²) >= 11 is 11.1. The SMILES string of the molecule is Clc1cc(Br)ccc1CSc1ncccn1. The lowest BCUT2D eigenvalue weighted by atomic mass is 10.2. The van der Waals surface area contributed by atoms with E-state index in [0.717, 1.165) is 26.0 Å². The van der Waals surface area contributed by atoms with Crippen molar-refractivity contribution in [2.45, 2.75) is 10.9 Å². The van der Waals surface area contributed by atoms with E-state index < -0.39 is 0 Å². The fourth-order valence-corrected chi connectivity index (χ4v) is 2.77. The largest absolute Gasteiger partial charge is 0.231 e. The van der Waals surface area contributed by atoms with E-state index in [9.17, 15) is 0 Å². The topological polar surface area (TPSA) is 25.8 Å². The van der Waals surface area contributed by atoms with E-state index in [-0.39, 0.29) is 0 Å². The highest BCUT2D eigenvalue weighted by atomic mass is 79.9. The second-order valence-electron chi connectivity index (χ2n) is 3.06. The number of hydrogen-bond acceptors (Lipinski definition) is 3. The van der Waals surface area contributed by atoms with Crippen molar-refractivity contribution in [3.05, 3.63) is 51.7 Å². The van der Waals surface area contributed by atoms with Crippen molar-refractivity contribution in [3.8, 4) is 0 Å². The van der Waals surface area contributed by atoms with Crippen LogP contribution in [-0.2, 0) is 5.75 Å². The predicted octanol–water partition coefficient (Wildman–Crippen LogP) is 4.18. The van der Waals surface area contributed by atoms with Gasteiger partial charge < -0.3 is 0 Å². The molecule has 1 heterocycles. The van der Waals surface area contributed by atoms with Crippen LogP contribution in [0.1, 0.15) is 5.56 Å². The van der Waals surface area contributed by atoms with Gasteiger partial charge in [-0.05, 0) is 23.8 Å². The van der Waals surface area contributed by atoms with Crippen LogP contribution in [0.25, 0.3) is 0 Å². The lowest BCUT2D eigenvalue weighted by molar-refractivity contribution is 0.966. The molecule has 0 unspecified atom stereocenters. The molecule has 0 N–H and O–H groups in total. The molecule has 5 heteroatoms. The summed E-state index contributed by atoms with van der Waals surface area (Å²) < 4.78 is 0.988. The molecular weight excluding hydrogens is 308 g/mol. The summed E-state index contributed by atoms with van der Waals surface area (Å²) in [7, 11) is 0. The summed E-state index contributed by atoms with van der Waals surface area (Å²) in [5.74, 6) is 0.774. The first-order valence-corrected chi connectivity index (χ1v) is 6.75. The molecule has 2 nitrogen and oxygen atoms in total. The number of aromatic nitrogens is 2. The van der Waals surface area contributed by atoms with E-state index in [1.807, 2.05) is 18.2 Å². The molecule has 0 fully saturated rings. The van der Waals surface area contributed by atoms with Crippen LogP contribution in [0.5, 0.6) is 0 Å². The van der Waals surface area contributed by atoms with E-state index >= 15 is 0 Å². The highest BCUT2D eigenvalue weighted by Crippen LogP contribution is 2.26. The molecule has 0 saturated carbocycles. The molecule has 0 aliphatic rings. The number of thioether (sulfide) groups is 1. The second-order valence-corrected chi connectivity index (χ2v) is 5.32. The number of halogens is 2. The molecule has 0 saturated heterocycles. The molecule has 0 aliphatic heterocycles. The quantitative estimate of drug-likeness (QED) is 0.627. The Balaban J connectivity index is 2.05. The molecule has 2 rings (SSSR count). The van der Waals surface area contributed by atoms with Crippen LogP contribution >= 0.6 is 39.3 Å². The van der Waals surface area contributed by atoms with Crippen molar-refractivity contribution in [1.82, 2.24) is 9.97 Å². The monoisotopic (exact) mass is 314 g/mol. The fourth-order valence-electron chi connectivity index (χ4n) is 1.14. The van der Waals surface area contributed by atoms with Crippen molar-refractivity contribution in [1.29, 1.82) is 0 Å². The Morgan fingerprint density at radius 1 is 1.25 bits per heavy atom. The number of rotatable bonds is 3. The summed E-state index contributed by atoms with van der Waals surface area (Å²) in [5, 5.41) is 1.53. The molecular formula is C11H8BrClN2S. The van der Waals surface area contributed by atoms with E-state index in [2.05, 4.69) is 25.9 Å². The van der Waals surface area contributed by atoms with E-state index in [1.54, 1.807) is 30.2 Å². The second kappa shape index (κ2) is 5.66. The Kier molecular flexibility index (Phi) is 4.21. The van der Waals surface area contributed by atoms with E-state index in [0.29, 0.717) is 0 Å². The minimum absolute atomic E-state index is 0.762. The van der Waals surface area contributed by atoms with Gasteiger partial charge in [-0.1, -0.05) is 45.4 Å². The maximum atomic E-state index is 6.11. The highest BCUT2D eigenvalue weighted by molar-refractivity contribution is 9.10. The Labute approximate surface area is 112 Å². The molecule has 82 valence electrons. The molecule has 1 aromatic carbocycles. The average Bonchev–Trinajstić information content (AvgIpc) is 2.29. The predicted molar refractivity (Wildman–Crippen MR) is 70.7 cm³/mol. The van der Waals surface area contributed by atoms with Crippen LogP contribution in [0.15, 0.2) is 46.3 Å². The Hall–Kier alpha value is -0.580. The molecule has 2 aromatic rings. The zero-order chi connectivity index (χ0) is 11.4. The van der Waals surface area contributed by atoms with E-state index in [4.69, 9.17) is 11.6 Å². The average molecular weight is 316 g/mol. The van der Waals surface area contributed by atoms with Gasteiger partial charge >= 0.3 is 0 Å². The van der Waals surface area contributed by atoms with Gasteiger partial charge in [0.05, 0.1) is 0 Å². The summed E-state index contributed by atoms with van der Waals surface area (Å²) in [6.07, 6.45) is 3.47. The van der Waals surface area contributed by atoms with Gasteiger partial charge in [-0.3, -0.25) is 0 Å². The number of benzene rings is 1. The minimum atomic E-state index is 0.762. The maximum Gasteiger partial charge on any atom is 0.187 e. The van der Waals surface area contributed by atoms with Crippen LogP contribution in [0.2, 0.25) is 5.02 Å². The van der Waals surface area contributed by atoms with Crippen molar-refractivity contribution >= 4 is 39.3 Å². The normalized spacial score (nSPS) is 10.4. The Morgan fingerprint density at radius 3 is 2.69 bits per heavy atom. The molecule has 16 heavy (non-hydrogen) atoms. The van der Waals surface area contributed by atoms with Gasteiger partial charge in [0, 0.05) is 27.6 Å². The zero-order valence-corrected chi connectivity index (χ0v) is 11.4. The third-order valence-corrected chi connectivity index (χ3v) is 3.68. The summed E-state index contributed by atoms with van der Waals surface area (Å²) in [6.45, 7) is 0. The molecule has 0 amide bonds. The summed E-state index contributed by atoms with van der Waals surface area (Å²) in [4.78, 5) is 8.28. The maximum absolute atomic E-state index is 6.11. The summed E-state index contributed by atoms with van der Waals surface area (Å²) in [6, 6.07) is 7.68. The first kappa shape index (κ1) is 11.9. The van der Waals surface area contributed by atoms with Crippen molar-refractivity contribution in [2.75, 3.05) is 0 Å². The van der Waals surface area contributed by atoms with Crippen molar-refractivity contribution in [2.24, 2.45) is 0 Å². The van der Waals surface area contributed by atoms with Crippen LogP contribution in [0.3, 0.4) is 0 Å². The van der Waals surface area contributed by atoms with Crippen molar-refractivity contribution in [3.63, 3.8) is 0 Å². The Bertz CT molecular complexity index is 479. The van der Waals surface area contributed by atoms with Gasteiger partial charge in [-0.25, -0.2) is 9.97 Å². The third-order valence-electron chi connectivity index (χ3n) is 1.91. The molecule has 0 atom stereocenters. The minimum Gasteiger partial charge on any atom is -0.231 e. The number of nitrogens with zero attached hydrogens (tertiary/aromatic N) is 2. The molecule has 0 radical (unpaired) electrons. The standard InChI is InChI=1S/C11H8BrClN2S/c12-9-3-2-8(10(13)6-9)7-16-11-14-4-1-5-15-11/h1-6H,7H2. The van der Waals surface area contributed by atoms with Gasteiger partial charge in [0.25, 0.3) is 0 Å². The van der Waals surface area contributed by atoms with Crippen LogP contribution in [-0.4, -0.2) is 9.97 Å². The van der Waals surface area contributed by atoms with Crippen LogP contribution < -0.4 is 0 Å². The molecule has 0 spiro atoms. The van der Waals surface area contributed by atoms with Crippen molar-refractivity contribution < 1.29 is 0 Å². The lowest BCUT2D eigenvalue weighted by Gasteiger charge is -2.03. The van der Waals surface area contributed by atoms with Gasteiger partial charge in [0.15, 0.2) is 5.16 Å². The Morgan fingerprint density at radius 2 is 2.00 bits per heavy atom. The fraction of sp³-hybridized carbons (Fsp3) is 0.0909. The first-order chi connectivity index (χ1) is 7.75. The third kappa shape index (κ3) is 3.20.